The predicted molar refractivity (Wildman–Crippen MR) is 30.7 cm³/mol. The van der Waals surface area contributed by atoms with Gasteiger partial charge in [-0.3, -0.25) is 0 Å². The molecule has 0 rings (SSSR count). The Morgan fingerprint density at radius 2 is 1.33 bits per heavy atom. The molecule has 6 heavy (non-hydrogen) atoms. The molecule has 0 aliphatic heterocycles. The number of aliphatic hydroxyl groups is 1. The Hall–Kier alpha value is 0.500. The molecule has 5 N–H and O–H groups in total. The van der Waals surface area contributed by atoms with Crippen LogP contribution in [0.1, 0.15) is 0 Å². The molecule has 0 saturated heterocycles. The normalized spacial score (nSPS) is 4.00. The van der Waals surface area contributed by atoms with Gasteiger partial charge in [-0.2, -0.15) is 0 Å². The van der Waals surface area contributed by atoms with Crippen molar-refractivity contribution in [3.8, 4) is 0 Å². The highest BCUT2D eigenvalue weighted by Gasteiger charge is 1.41. The molecule has 0 aliphatic carbocycles. The molecule has 42 valence electrons. The highest BCUT2D eigenvalue weighted by Crippen LogP contribution is 1.73. The Kier molecular flexibility index (Phi) is 132. The molecular weight excluding hydrogens is 125 g/mol. The van der Waals surface area contributed by atoms with Gasteiger partial charge in [0.25, 0.3) is 0 Å². The smallest absolute Gasteiger partial charge is 0.0967 e. The minimum absolute atomic E-state index is 0. The summed E-state index contributed by atoms with van der Waals surface area (Å²) >= 11 is 9.53. The number of hydrogen-bond acceptors (Lipinski definition) is 1. The van der Waals surface area contributed by atoms with Crippen LogP contribution in [0.4, 0.5) is 0 Å². The molecule has 0 unspecified atom stereocenters. The minimum Gasteiger partial charge on any atom is -0.400 e. The molecule has 0 aromatic heterocycles. The van der Waals surface area contributed by atoms with Gasteiger partial charge in [0.2, 0.25) is 0 Å². The van der Waals surface area contributed by atoms with E-state index >= 15 is 0 Å². The summed E-state index contributed by atoms with van der Waals surface area (Å²) in [6.07, 6.45) is 0. The van der Waals surface area contributed by atoms with Crippen LogP contribution in [-0.2, 0) is 0 Å². The van der Waals surface area contributed by atoms with Crippen molar-refractivity contribution < 1.29 is 5.11 Å². The highest BCUT2D eigenvalue weighted by atomic mass is 35.5. The maximum Gasteiger partial charge on any atom is 0.0967 e. The Labute approximate surface area is 47.6 Å². The summed E-state index contributed by atoms with van der Waals surface area (Å²) in [6.45, 7) is 0. The van der Waals surface area contributed by atoms with Crippen LogP contribution in [0.3, 0.4) is 0 Å². The lowest BCUT2D eigenvalue weighted by Crippen LogP contribution is -1.25. The van der Waals surface area contributed by atoms with Crippen LogP contribution in [0, 0.1) is 0 Å². The molecule has 0 aliphatic rings. The summed E-state index contributed by atoms with van der Waals surface area (Å²) in [4.78, 5) is 0. The highest BCUT2D eigenvalue weighted by molar-refractivity contribution is 6.40. The van der Waals surface area contributed by atoms with Gasteiger partial charge in [0, 0.05) is 7.11 Å². The molecule has 0 aromatic rings. The maximum absolute atomic E-state index is 7.00. The number of rotatable bonds is 0. The van der Waals surface area contributed by atoms with Crippen molar-refractivity contribution in [2.75, 3.05) is 12.4 Å². The number of aliphatic hydroxyl groups excluding tert-OH is 1. The van der Waals surface area contributed by atoms with Crippen LogP contribution in [0.15, 0.2) is 0 Å². The third-order valence-electron chi connectivity index (χ3n) is 0. The van der Waals surface area contributed by atoms with Gasteiger partial charge < -0.3 is 11.3 Å². The van der Waals surface area contributed by atoms with Crippen LogP contribution in [0.2, 0.25) is 0 Å². The van der Waals surface area contributed by atoms with E-state index < -0.39 is 0 Å². The van der Waals surface area contributed by atoms with Gasteiger partial charge in [-0.15, -0.1) is 23.2 Å². The van der Waals surface area contributed by atoms with E-state index in [1.807, 2.05) is 0 Å². The van der Waals surface area contributed by atoms with E-state index in [0.29, 0.717) is 0 Å². The lowest BCUT2D eigenvalue weighted by Gasteiger charge is -1.42. The first-order valence-electron chi connectivity index (χ1n) is 0.982. The van der Waals surface area contributed by atoms with E-state index in [1.165, 1.54) is 0 Å². The molecule has 0 spiro atoms. The van der Waals surface area contributed by atoms with Crippen molar-refractivity contribution in [3.05, 3.63) is 0 Å². The summed E-state index contributed by atoms with van der Waals surface area (Å²) < 4.78 is 0. The van der Waals surface area contributed by atoms with Gasteiger partial charge in [-0.25, -0.2) is 0 Å². The second kappa shape index (κ2) is 49.5. The molecule has 0 radical (unpaired) electrons. The van der Waals surface area contributed by atoms with Gasteiger partial charge in [0.15, 0.2) is 0 Å². The summed E-state index contributed by atoms with van der Waals surface area (Å²) in [7, 11) is 1.00. The molecule has 4 heteroatoms. The number of alkyl halides is 2. The summed E-state index contributed by atoms with van der Waals surface area (Å²) in [5.74, 6) is 0. The van der Waals surface area contributed by atoms with E-state index in [0.717, 1.165) is 7.11 Å². The minimum atomic E-state index is 0. The Morgan fingerprint density at radius 3 is 1.33 bits per heavy atom. The zero-order valence-corrected chi connectivity index (χ0v) is 5.42. The number of hydrogen-bond donors (Lipinski definition) is 2. The predicted octanol–water partition coefficient (Wildman–Crippen LogP) is 1.41. The zero-order chi connectivity index (χ0) is 4.71. The maximum atomic E-state index is 7.00. The zero-order valence-electron chi connectivity index (χ0n) is 3.91. The van der Waals surface area contributed by atoms with E-state index in [4.69, 9.17) is 28.3 Å². The first-order valence-corrected chi connectivity index (χ1v) is 2.05. The number of halogens is 2. The summed E-state index contributed by atoms with van der Waals surface area (Å²) in [6, 6.07) is 0. The molecular formula is C2H10Cl2NO+. The van der Waals surface area contributed by atoms with Crippen LogP contribution in [-0.4, -0.2) is 17.6 Å². The second-order valence-corrected chi connectivity index (χ2v) is 0.909. The van der Waals surface area contributed by atoms with Crippen LogP contribution >= 0.6 is 23.2 Å². The average Bonchev–Trinajstić information content (AvgIpc) is 1.46. The monoisotopic (exact) mass is 134 g/mol. The lowest BCUT2D eigenvalue weighted by atomic mass is 11.8. The van der Waals surface area contributed by atoms with Gasteiger partial charge in [-0.1, -0.05) is 0 Å². The first-order chi connectivity index (χ1) is 2.41. The Balaban J connectivity index is -0.0000000275. The molecule has 0 aromatic carbocycles. The molecule has 0 amide bonds. The van der Waals surface area contributed by atoms with Gasteiger partial charge in [-0.05, 0) is 0 Å². The van der Waals surface area contributed by atoms with Crippen molar-refractivity contribution in [3.63, 3.8) is 0 Å². The van der Waals surface area contributed by atoms with Gasteiger partial charge >= 0.3 is 0 Å². The molecule has 0 saturated carbocycles. The molecule has 0 fully saturated rings. The quantitative estimate of drug-likeness (QED) is 0.484. The van der Waals surface area contributed by atoms with E-state index in [9.17, 15) is 0 Å². The Morgan fingerprint density at radius 1 is 1.33 bits per heavy atom. The van der Waals surface area contributed by atoms with Crippen molar-refractivity contribution in [1.29, 1.82) is 0 Å². The van der Waals surface area contributed by atoms with E-state index in [1.54, 1.807) is 0 Å². The van der Waals surface area contributed by atoms with Gasteiger partial charge in [0.05, 0.1) is 5.34 Å². The van der Waals surface area contributed by atoms with Crippen molar-refractivity contribution in [2.45, 2.75) is 0 Å². The van der Waals surface area contributed by atoms with Crippen molar-refractivity contribution in [2.24, 2.45) is 0 Å². The lowest BCUT2D eigenvalue weighted by molar-refractivity contribution is 0.399. The SMILES string of the molecule is CO.ClCCl.[NH4+]. The fourth-order valence-corrected chi connectivity index (χ4v) is 0. The van der Waals surface area contributed by atoms with E-state index in [-0.39, 0.29) is 11.5 Å². The molecule has 0 bridgehead atoms. The van der Waals surface area contributed by atoms with Crippen LogP contribution in [0.5, 0.6) is 0 Å². The molecule has 0 heterocycles. The van der Waals surface area contributed by atoms with Crippen molar-refractivity contribution in [1.82, 2.24) is 6.15 Å². The topological polar surface area (TPSA) is 56.7 Å². The molecule has 0 atom stereocenters. The molecule has 2 nitrogen and oxygen atoms in total. The van der Waals surface area contributed by atoms with Crippen molar-refractivity contribution >= 4 is 23.2 Å². The fraction of sp³-hybridized carbons (Fsp3) is 1.00. The Bertz CT molecular complexity index is 11.5. The van der Waals surface area contributed by atoms with Crippen LogP contribution < -0.4 is 6.15 Å². The first kappa shape index (κ1) is 16.1. The number of quaternary nitrogens is 1. The largest absolute Gasteiger partial charge is 0.400 e. The average molecular weight is 135 g/mol. The second-order valence-electron chi connectivity index (χ2n) is 0.101. The van der Waals surface area contributed by atoms with E-state index in [2.05, 4.69) is 0 Å². The summed E-state index contributed by atoms with van der Waals surface area (Å²) in [5, 5.41) is 7.19. The van der Waals surface area contributed by atoms with Gasteiger partial charge in [0.1, 0.15) is 0 Å². The standard InChI is InChI=1S/CH2Cl2.CH4O.H3N/c2-1-3;1-2;/h1H2;2H,1H3;1H3/p+1. The third-order valence-corrected chi connectivity index (χ3v) is 0. The third kappa shape index (κ3) is 221. The summed E-state index contributed by atoms with van der Waals surface area (Å²) in [5.41, 5.74) is 0. The van der Waals surface area contributed by atoms with Crippen LogP contribution in [0.25, 0.3) is 0 Å². The fourth-order valence-electron chi connectivity index (χ4n) is 0.